The minimum Gasteiger partial charge on any atom is -0.481 e. The molecule has 0 aliphatic carbocycles. The Kier molecular flexibility index (Phi) is 2.64. The van der Waals surface area contributed by atoms with Gasteiger partial charge < -0.3 is 9.84 Å². The van der Waals surface area contributed by atoms with E-state index in [0.717, 1.165) is 12.3 Å². The Morgan fingerprint density at radius 2 is 2.21 bits per heavy atom. The molecule has 0 unspecified atom stereocenters. The molecule has 76 valence electrons. The monoisotopic (exact) mass is 203 g/mol. The number of halogens is 2. The molecule has 0 saturated heterocycles. The lowest BCUT2D eigenvalue weighted by atomic mass is 10.1. The third-order valence-electron chi connectivity index (χ3n) is 1.58. The molecule has 4 nitrogen and oxygen atoms in total. The topological polar surface area (TPSA) is 59.4 Å². The predicted molar refractivity (Wildman–Crippen MR) is 42.3 cm³/mol. The van der Waals surface area contributed by atoms with Crippen LogP contribution < -0.4 is 4.74 Å². The molecule has 0 atom stereocenters. The molecule has 0 radical (unpaired) electrons. The van der Waals surface area contributed by atoms with Crippen LogP contribution >= 0.6 is 0 Å². The molecule has 1 aromatic rings. The molecule has 1 aromatic heterocycles. The van der Waals surface area contributed by atoms with Gasteiger partial charge in [-0.25, -0.2) is 9.78 Å². The van der Waals surface area contributed by atoms with Gasteiger partial charge in [0.15, 0.2) is 0 Å². The summed E-state index contributed by atoms with van der Waals surface area (Å²) < 4.78 is 30.3. The number of pyridine rings is 1. The van der Waals surface area contributed by atoms with Crippen LogP contribution in [0.4, 0.5) is 8.78 Å². The summed E-state index contributed by atoms with van der Waals surface area (Å²) in [5, 5.41) is 8.21. The van der Waals surface area contributed by atoms with Crippen molar-refractivity contribution in [3.63, 3.8) is 0 Å². The molecule has 6 heteroatoms. The van der Waals surface area contributed by atoms with Crippen LogP contribution in [0.2, 0.25) is 0 Å². The van der Waals surface area contributed by atoms with Crippen LogP contribution in [-0.4, -0.2) is 23.2 Å². The van der Waals surface area contributed by atoms with Gasteiger partial charge in [-0.05, 0) is 6.07 Å². The number of hydrogen-bond acceptors (Lipinski definition) is 3. The van der Waals surface area contributed by atoms with Crippen molar-refractivity contribution in [3.8, 4) is 5.88 Å². The van der Waals surface area contributed by atoms with Crippen LogP contribution in [0.1, 0.15) is 5.56 Å². The van der Waals surface area contributed by atoms with Gasteiger partial charge in [0, 0.05) is 12.3 Å². The van der Waals surface area contributed by atoms with Crippen molar-refractivity contribution in [2.24, 2.45) is 0 Å². The van der Waals surface area contributed by atoms with Crippen molar-refractivity contribution in [1.29, 1.82) is 0 Å². The number of aliphatic carboxylic acids is 1. The van der Waals surface area contributed by atoms with Crippen LogP contribution in [0.3, 0.4) is 0 Å². The number of rotatable bonds is 3. The van der Waals surface area contributed by atoms with E-state index in [-0.39, 0.29) is 5.88 Å². The summed E-state index contributed by atoms with van der Waals surface area (Å²) in [4.78, 5) is 13.6. The minimum atomic E-state index is -3.92. The summed E-state index contributed by atoms with van der Waals surface area (Å²) in [7, 11) is 1.33. The Morgan fingerprint density at radius 3 is 2.57 bits per heavy atom. The maximum absolute atomic E-state index is 12.8. The van der Waals surface area contributed by atoms with Gasteiger partial charge in [-0.1, -0.05) is 0 Å². The van der Waals surface area contributed by atoms with Crippen LogP contribution in [-0.2, 0) is 10.7 Å². The first kappa shape index (κ1) is 10.4. The maximum atomic E-state index is 12.8. The third-order valence-corrected chi connectivity index (χ3v) is 1.58. The van der Waals surface area contributed by atoms with Crippen LogP contribution in [0.5, 0.6) is 5.88 Å². The molecule has 0 bridgehead atoms. The summed E-state index contributed by atoms with van der Waals surface area (Å²) >= 11 is 0. The second kappa shape index (κ2) is 3.57. The third kappa shape index (κ3) is 1.78. The highest BCUT2D eigenvalue weighted by molar-refractivity contribution is 5.77. The number of aromatic nitrogens is 1. The highest BCUT2D eigenvalue weighted by Gasteiger charge is 2.41. The van der Waals surface area contributed by atoms with Gasteiger partial charge in [-0.2, -0.15) is 8.78 Å². The Balaban J connectivity index is 3.02. The fraction of sp³-hybridized carbons (Fsp3) is 0.250. The zero-order chi connectivity index (χ0) is 10.8. The number of carboxylic acid groups (broad SMARTS) is 1. The average Bonchev–Trinajstić information content (AvgIpc) is 2.17. The first-order valence-electron chi connectivity index (χ1n) is 3.60. The Morgan fingerprint density at radius 1 is 1.57 bits per heavy atom. The van der Waals surface area contributed by atoms with Gasteiger partial charge >= 0.3 is 11.9 Å². The molecule has 0 aromatic carbocycles. The Bertz CT molecular complexity index is 337. The van der Waals surface area contributed by atoms with E-state index < -0.39 is 17.5 Å². The maximum Gasteiger partial charge on any atom is 0.379 e. The van der Waals surface area contributed by atoms with Crippen LogP contribution in [0.25, 0.3) is 0 Å². The number of hydrogen-bond donors (Lipinski definition) is 1. The van der Waals surface area contributed by atoms with Crippen molar-refractivity contribution < 1.29 is 23.4 Å². The summed E-state index contributed by atoms with van der Waals surface area (Å²) in [6.07, 6.45) is 0.771. The molecule has 0 fully saturated rings. The van der Waals surface area contributed by atoms with E-state index in [4.69, 9.17) is 5.11 Å². The summed E-state index contributed by atoms with van der Waals surface area (Å²) in [6, 6.07) is 2.13. The van der Waals surface area contributed by atoms with E-state index in [0.29, 0.717) is 0 Å². The number of nitrogens with zero attached hydrogens (tertiary/aromatic N) is 1. The van der Waals surface area contributed by atoms with Gasteiger partial charge in [-0.15, -0.1) is 0 Å². The van der Waals surface area contributed by atoms with Gasteiger partial charge in [0.05, 0.1) is 12.7 Å². The molecule has 0 spiro atoms. The van der Waals surface area contributed by atoms with Crippen molar-refractivity contribution in [2.45, 2.75) is 5.92 Å². The van der Waals surface area contributed by atoms with Crippen molar-refractivity contribution in [3.05, 3.63) is 23.9 Å². The number of methoxy groups -OCH3 is 1. The second-order valence-corrected chi connectivity index (χ2v) is 2.47. The highest BCUT2D eigenvalue weighted by atomic mass is 19.3. The summed E-state index contributed by atoms with van der Waals surface area (Å²) in [5.74, 6) is -5.97. The lowest BCUT2D eigenvalue weighted by Gasteiger charge is -2.10. The molecule has 0 aliphatic heterocycles. The summed E-state index contributed by atoms with van der Waals surface area (Å²) in [6.45, 7) is 0. The number of ether oxygens (including phenoxy) is 1. The number of alkyl halides is 2. The Hall–Kier alpha value is -1.72. The predicted octanol–water partition coefficient (Wildman–Crippen LogP) is 1.27. The highest BCUT2D eigenvalue weighted by Crippen LogP contribution is 2.28. The molecule has 0 aliphatic rings. The van der Waals surface area contributed by atoms with Crippen LogP contribution in [0, 0.1) is 0 Å². The molecular formula is C8H7F2NO3. The van der Waals surface area contributed by atoms with Crippen molar-refractivity contribution in [2.75, 3.05) is 7.11 Å². The molecule has 0 saturated carbocycles. The number of carboxylic acids is 1. The zero-order valence-corrected chi connectivity index (χ0v) is 7.20. The van der Waals surface area contributed by atoms with E-state index in [1.165, 1.54) is 13.2 Å². The van der Waals surface area contributed by atoms with Crippen molar-refractivity contribution in [1.82, 2.24) is 4.98 Å². The normalized spacial score (nSPS) is 11.1. The lowest BCUT2D eigenvalue weighted by molar-refractivity contribution is -0.166. The lowest BCUT2D eigenvalue weighted by Crippen LogP contribution is -2.25. The van der Waals surface area contributed by atoms with Crippen LogP contribution in [0.15, 0.2) is 18.3 Å². The van der Waals surface area contributed by atoms with Gasteiger partial charge in [0.25, 0.3) is 0 Å². The quantitative estimate of drug-likeness (QED) is 0.803. The smallest absolute Gasteiger partial charge is 0.379 e. The molecular weight excluding hydrogens is 196 g/mol. The molecule has 14 heavy (non-hydrogen) atoms. The molecule has 1 N–H and O–H groups in total. The second-order valence-electron chi connectivity index (χ2n) is 2.47. The van der Waals surface area contributed by atoms with E-state index in [2.05, 4.69) is 9.72 Å². The average molecular weight is 203 g/mol. The fourth-order valence-electron chi connectivity index (χ4n) is 0.810. The fourth-order valence-corrected chi connectivity index (χ4v) is 0.810. The van der Waals surface area contributed by atoms with Gasteiger partial charge in [-0.3, -0.25) is 0 Å². The van der Waals surface area contributed by atoms with Gasteiger partial charge in [0.1, 0.15) is 0 Å². The minimum absolute atomic E-state index is 0.148. The van der Waals surface area contributed by atoms with E-state index in [9.17, 15) is 13.6 Å². The Labute approximate surface area is 78.1 Å². The van der Waals surface area contributed by atoms with Crippen molar-refractivity contribution >= 4 is 5.97 Å². The van der Waals surface area contributed by atoms with Gasteiger partial charge in [0.2, 0.25) is 5.88 Å². The molecule has 0 amide bonds. The SMILES string of the molecule is COc1ccc(C(F)(F)C(=O)O)cn1. The first-order chi connectivity index (χ1) is 6.48. The van der Waals surface area contributed by atoms with E-state index in [1.54, 1.807) is 0 Å². The molecule has 1 rings (SSSR count). The first-order valence-corrected chi connectivity index (χ1v) is 3.60. The standard InChI is InChI=1S/C8H7F2NO3/c1-14-6-3-2-5(4-11-6)8(9,10)7(12)13/h2-4H,1H3,(H,12,13). The van der Waals surface area contributed by atoms with E-state index >= 15 is 0 Å². The zero-order valence-electron chi connectivity index (χ0n) is 7.20. The van der Waals surface area contributed by atoms with E-state index in [1.807, 2.05) is 0 Å². The summed E-state index contributed by atoms with van der Waals surface area (Å²) in [5.41, 5.74) is -0.675. The largest absolute Gasteiger partial charge is 0.481 e. The molecule has 1 heterocycles. The number of carbonyl (C=O) groups is 1.